The van der Waals surface area contributed by atoms with Gasteiger partial charge in [-0.3, -0.25) is 4.79 Å². The van der Waals surface area contributed by atoms with Crippen molar-refractivity contribution in [3.63, 3.8) is 0 Å². The fourth-order valence-electron chi connectivity index (χ4n) is 2.46. The van der Waals surface area contributed by atoms with E-state index in [1.807, 2.05) is 19.1 Å². The van der Waals surface area contributed by atoms with E-state index in [-0.39, 0.29) is 0 Å². The molecule has 0 amide bonds. The van der Waals surface area contributed by atoms with E-state index in [2.05, 4.69) is 0 Å². The first kappa shape index (κ1) is 13.2. The number of hydrogen-bond donors (Lipinski definition) is 1. The number of methoxy groups -OCH3 is 1. The topological polar surface area (TPSA) is 46.5 Å². The summed E-state index contributed by atoms with van der Waals surface area (Å²) in [4.78, 5) is 11.4. The Morgan fingerprint density at radius 1 is 1.50 bits per heavy atom. The molecule has 1 aromatic rings. The maximum Gasteiger partial charge on any atom is 0.309 e. The van der Waals surface area contributed by atoms with Crippen molar-refractivity contribution in [2.45, 2.75) is 32.6 Å². The molecule has 0 unspecified atom stereocenters. The lowest BCUT2D eigenvalue weighted by molar-refractivity contribution is -0.154. The van der Waals surface area contributed by atoms with Crippen LogP contribution in [0, 0.1) is 12.3 Å². The fourth-order valence-corrected chi connectivity index (χ4v) is 2.65. The van der Waals surface area contributed by atoms with Crippen molar-refractivity contribution >= 4 is 17.6 Å². The van der Waals surface area contributed by atoms with Gasteiger partial charge in [0.1, 0.15) is 5.75 Å². The molecule has 18 heavy (non-hydrogen) atoms. The van der Waals surface area contributed by atoms with Gasteiger partial charge in [0.05, 0.1) is 12.5 Å². The molecule has 0 saturated heterocycles. The van der Waals surface area contributed by atoms with E-state index in [1.165, 1.54) is 0 Å². The average molecular weight is 269 g/mol. The summed E-state index contributed by atoms with van der Waals surface area (Å²) < 4.78 is 5.32. The SMILES string of the molecule is COc1cc(C)c(Cl)cc1CC1(C(=O)O)CCC1. The van der Waals surface area contributed by atoms with Crippen molar-refractivity contribution in [2.75, 3.05) is 7.11 Å². The number of carboxylic acid groups (broad SMARTS) is 1. The van der Waals surface area contributed by atoms with Gasteiger partial charge in [0.2, 0.25) is 0 Å². The number of carboxylic acids is 1. The summed E-state index contributed by atoms with van der Waals surface area (Å²) in [6.07, 6.45) is 2.94. The van der Waals surface area contributed by atoms with Crippen molar-refractivity contribution in [3.8, 4) is 5.75 Å². The van der Waals surface area contributed by atoms with Crippen molar-refractivity contribution < 1.29 is 14.6 Å². The minimum absolute atomic E-state index is 0.492. The maximum absolute atomic E-state index is 11.4. The molecule has 0 heterocycles. The Balaban J connectivity index is 2.33. The lowest BCUT2D eigenvalue weighted by atomic mass is 9.65. The number of halogens is 1. The summed E-state index contributed by atoms with van der Waals surface area (Å²) >= 11 is 6.11. The molecule has 2 rings (SSSR count). The Hall–Kier alpha value is -1.22. The Morgan fingerprint density at radius 3 is 2.61 bits per heavy atom. The zero-order chi connectivity index (χ0) is 13.3. The van der Waals surface area contributed by atoms with Gasteiger partial charge < -0.3 is 9.84 Å². The van der Waals surface area contributed by atoms with E-state index in [0.29, 0.717) is 11.4 Å². The van der Waals surface area contributed by atoms with Crippen molar-refractivity contribution in [1.82, 2.24) is 0 Å². The average Bonchev–Trinajstić information content (AvgIpc) is 2.27. The van der Waals surface area contributed by atoms with Gasteiger partial charge in [-0.1, -0.05) is 18.0 Å². The number of benzene rings is 1. The van der Waals surface area contributed by atoms with Crippen LogP contribution in [0.15, 0.2) is 12.1 Å². The Kier molecular flexibility index (Phi) is 3.53. The number of hydrogen-bond acceptors (Lipinski definition) is 2. The number of aliphatic carboxylic acids is 1. The quantitative estimate of drug-likeness (QED) is 0.910. The van der Waals surface area contributed by atoms with Gasteiger partial charge in [0.15, 0.2) is 0 Å². The molecule has 1 aromatic carbocycles. The second-order valence-electron chi connectivity index (χ2n) is 5.03. The third-order valence-corrected chi connectivity index (χ3v) is 4.26. The zero-order valence-corrected chi connectivity index (χ0v) is 11.4. The molecule has 0 atom stereocenters. The molecule has 3 nitrogen and oxygen atoms in total. The van der Waals surface area contributed by atoms with Crippen molar-refractivity contribution in [3.05, 3.63) is 28.3 Å². The predicted octanol–water partition coefficient (Wildman–Crippen LogP) is 3.45. The van der Waals surface area contributed by atoms with E-state index in [4.69, 9.17) is 16.3 Å². The molecule has 0 radical (unpaired) electrons. The summed E-state index contributed by atoms with van der Waals surface area (Å²) in [6, 6.07) is 3.70. The van der Waals surface area contributed by atoms with Gasteiger partial charge in [-0.05, 0) is 49.4 Å². The van der Waals surface area contributed by atoms with Gasteiger partial charge >= 0.3 is 5.97 Å². The summed E-state index contributed by atoms with van der Waals surface area (Å²) in [7, 11) is 1.60. The second-order valence-corrected chi connectivity index (χ2v) is 5.44. The van der Waals surface area contributed by atoms with Crippen LogP contribution in [0.2, 0.25) is 5.02 Å². The van der Waals surface area contributed by atoms with Crippen LogP contribution in [0.1, 0.15) is 30.4 Å². The number of rotatable bonds is 4. The van der Waals surface area contributed by atoms with Crippen LogP contribution < -0.4 is 4.74 Å². The zero-order valence-electron chi connectivity index (χ0n) is 10.6. The highest BCUT2D eigenvalue weighted by Gasteiger charge is 2.44. The van der Waals surface area contributed by atoms with E-state index < -0.39 is 11.4 Å². The molecule has 4 heteroatoms. The molecule has 1 aliphatic rings. The van der Waals surface area contributed by atoms with Crippen LogP contribution in [0.25, 0.3) is 0 Å². The molecule has 0 spiro atoms. The number of aryl methyl sites for hydroxylation is 1. The Bertz CT molecular complexity index is 478. The van der Waals surface area contributed by atoms with E-state index >= 15 is 0 Å². The molecular formula is C14H17ClO3. The first-order chi connectivity index (χ1) is 8.48. The molecule has 0 aromatic heterocycles. The van der Waals surface area contributed by atoms with Crippen molar-refractivity contribution in [1.29, 1.82) is 0 Å². The summed E-state index contributed by atoms with van der Waals surface area (Å²) in [5.74, 6) is 0.0110. The monoisotopic (exact) mass is 268 g/mol. The van der Waals surface area contributed by atoms with Gasteiger partial charge in [0, 0.05) is 5.02 Å². The van der Waals surface area contributed by atoms with Crippen LogP contribution >= 0.6 is 11.6 Å². The third-order valence-electron chi connectivity index (χ3n) is 3.85. The minimum Gasteiger partial charge on any atom is -0.496 e. The highest BCUT2D eigenvalue weighted by atomic mass is 35.5. The van der Waals surface area contributed by atoms with Crippen molar-refractivity contribution in [2.24, 2.45) is 5.41 Å². The Morgan fingerprint density at radius 2 is 2.17 bits per heavy atom. The number of ether oxygens (including phenoxy) is 1. The van der Waals surface area contributed by atoms with Crippen LogP contribution in [0.4, 0.5) is 0 Å². The Labute approximate surface area is 112 Å². The maximum atomic E-state index is 11.4. The van der Waals surface area contributed by atoms with Crippen LogP contribution in [-0.4, -0.2) is 18.2 Å². The van der Waals surface area contributed by atoms with E-state index in [9.17, 15) is 9.90 Å². The molecule has 98 valence electrons. The van der Waals surface area contributed by atoms with Gasteiger partial charge in [-0.2, -0.15) is 0 Å². The molecule has 1 fully saturated rings. The van der Waals surface area contributed by atoms with E-state index in [0.717, 1.165) is 36.1 Å². The van der Waals surface area contributed by atoms with Crippen LogP contribution in [-0.2, 0) is 11.2 Å². The van der Waals surface area contributed by atoms with Gasteiger partial charge in [0.25, 0.3) is 0 Å². The summed E-state index contributed by atoms with van der Waals surface area (Å²) in [6.45, 7) is 1.91. The van der Waals surface area contributed by atoms with E-state index in [1.54, 1.807) is 7.11 Å². The number of carbonyl (C=O) groups is 1. The molecule has 0 aliphatic heterocycles. The minimum atomic E-state index is -0.715. The third kappa shape index (κ3) is 2.19. The van der Waals surface area contributed by atoms with Gasteiger partial charge in [-0.15, -0.1) is 0 Å². The van der Waals surface area contributed by atoms with Crippen LogP contribution in [0.3, 0.4) is 0 Å². The summed E-state index contributed by atoms with van der Waals surface area (Å²) in [5.41, 5.74) is 1.21. The highest BCUT2D eigenvalue weighted by molar-refractivity contribution is 6.31. The lowest BCUT2D eigenvalue weighted by Gasteiger charge is -2.38. The molecule has 0 bridgehead atoms. The predicted molar refractivity (Wildman–Crippen MR) is 70.4 cm³/mol. The first-order valence-corrected chi connectivity index (χ1v) is 6.43. The molecule has 1 aliphatic carbocycles. The summed E-state index contributed by atoms with van der Waals surface area (Å²) in [5, 5.41) is 10.0. The smallest absolute Gasteiger partial charge is 0.309 e. The lowest BCUT2D eigenvalue weighted by Crippen LogP contribution is -2.39. The molecule has 1 N–H and O–H groups in total. The van der Waals surface area contributed by atoms with Crippen LogP contribution in [0.5, 0.6) is 5.75 Å². The normalized spacial score (nSPS) is 17.1. The standard InChI is InChI=1S/C14H17ClO3/c1-9-6-12(18-2)10(7-11(9)15)8-14(13(16)17)4-3-5-14/h6-7H,3-5,8H2,1-2H3,(H,16,17). The fraction of sp³-hybridized carbons (Fsp3) is 0.500. The first-order valence-electron chi connectivity index (χ1n) is 6.05. The highest BCUT2D eigenvalue weighted by Crippen LogP contribution is 2.45. The second kappa shape index (κ2) is 4.81. The molecule has 1 saturated carbocycles. The molecular weight excluding hydrogens is 252 g/mol. The van der Waals surface area contributed by atoms with Gasteiger partial charge in [-0.25, -0.2) is 0 Å². The largest absolute Gasteiger partial charge is 0.496 e.